The Hall–Kier alpha value is -2.76. The van der Waals surface area contributed by atoms with Crippen LogP contribution < -0.4 is 10.2 Å². The molecule has 0 radical (unpaired) electrons. The highest BCUT2D eigenvalue weighted by Gasteiger charge is 2.49. The smallest absolute Gasteiger partial charge is 0.270 e. The predicted octanol–water partition coefficient (Wildman–Crippen LogP) is 3.19. The molecular formula is C22H26N4O2. The molecule has 1 aliphatic heterocycles. The number of carbonyl (C=O) groups is 2. The highest BCUT2D eigenvalue weighted by molar-refractivity contribution is 6.00. The van der Waals surface area contributed by atoms with E-state index in [-0.39, 0.29) is 23.3 Å². The number of anilines is 1. The van der Waals surface area contributed by atoms with Gasteiger partial charge in [-0.15, -0.1) is 0 Å². The van der Waals surface area contributed by atoms with Crippen molar-refractivity contribution in [3.8, 4) is 0 Å². The van der Waals surface area contributed by atoms with Crippen LogP contribution in [-0.4, -0.2) is 34.4 Å². The highest BCUT2D eigenvalue weighted by atomic mass is 16.2. The Morgan fingerprint density at radius 2 is 2.11 bits per heavy atom. The van der Waals surface area contributed by atoms with Crippen LogP contribution in [0.2, 0.25) is 0 Å². The number of carbonyl (C=O) groups excluding carboxylic acids is 2. The van der Waals surface area contributed by atoms with Gasteiger partial charge < -0.3 is 10.2 Å². The zero-order valence-electron chi connectivity index (χ0n) is 16.4. The van der Waals surface area contributed by atoms with Crippen LogP contribution >= 0.6 is 0 Å². The Morgan fingerprint density at radius 3 is 2.89 bits per heavy atom. The molecule has 2 aromatic rings. The minimum atomic E-state index is -0.375. The molecule has 1 aliphatic carbocycles. The van der Waals surface area contributed by atoms with E-state index in [1.807, 2.05) is 36.9 Å². The average Bonchev–Trinajstić information content (AvgIpc) is 2.97. The van der Waals surface area contributed by atoms with Gasteiger partial charge in [0.05, 0.1) is 17.3 Å². The second-order valence-corrected chi connectivity index (χ2v) is 8.14. The normalized spacial score (nSPS) is 24.6. The molecule has 4 rings (SSSR count). The molecule has 1 spiro atoms. The van der Waals surface area contributed by atoms with Gasteiger partial charge >= 0.3 is 0 Å². The first-order chi connectivity index (χ1) is 13.5. The van der Waals surface area contributed by atoms with Crippen molar-refractivity contribution in [2.75, 3.05) is 11.4 Å². The Kier molecular flexibility index (Phi) is 4.87. The standard InChI is InChI=1S/C22H26N4O2/c1-15-11-18(14-23-13-15)26-10-9-22(21(26)28)8-4-6-17(12-22)25-20(27)19-7-3-5-16(2)24-19/h3,5,7,11,13-14,17H,4,6,8-10,12H2,1-2H3,(H,25,27)/t17-,22?/m0/s1. The Morgan fingerprint density at radius 1 is 1.25 bits per heavy atom. The molecule has 1 saturated heterocycles. The van der Waals surface area contributed by atoms with E-state index < -0.39 is 0 Å². The third-order valence-corrected chi connectivity index (χ3v) is 5.99. The van der Waals surface area contributed by atoms with E-state index in [9.17, 15) is 9.59 Å². The Bertz CT molecular complexity index is 913. The lowest BCUT2D eigenvalue weighted by molar-refractivity contribution is -0.127. The van der Waals surface area contributed by atoms with Crippen LogP contribution in [0.25, 0.3) is 0 Å². The number of aryl methyl sites for hydroxylation is 2. The molecule has 2 aromatic heterocycles. The lowest BCUT2D eigenvalue weighted by Gasteiger charge is -2.36. The molecule has 6 heteroatoms. The van der Waals surface area contributed by atoms with Crippen molar-refractivity contribution in [1.29, 1.82) is 0 Å². The Balaban J connectivity index is 1.47. The van der Waals surface area contributed by atoms with E-state index in [1.54, 1.807) is 18.5 Å². The molecule has 2 atom stereocenters. The fourth-order valence-corrected chi connectivity index (χ4v) is 4.59. The SMILES string of the molecule is Cc1cncc(N2CCC3(CCC[C@H](NC(=O)c4cccc(C)n4)C3)C2=O)c1. The Labute approximate surface area is 165 Å². The number of nitrogens with one attached hydrogen (secondary N) is 1. The molecule has 3 heterocycles. The minimum absolute atomic E-state index is 0.00287. The fourth-order valence-electron chi connectivity index (χ4n) is 4.59. The molecule has 0 aromatic carbocycles. The molecule has 0 bridgehead atoms. The molecular weight excluding hydrogens is 352 g/mol. The van der Waals surface area contributed by atoms with Crippen molar-refractivity contribution in [2.24, 2.45) is 5.41 Å². The number of pyridine rings is 2. The van der Waals surface area contributed by atoms with Crippen molar-refractivity contribution < 1.29 is 9.59 Å². The lowest BCUT2D eigenvalue weighted by Crippen LogP contribution is -2.46. The van der Waals surface area contributed by atoms with Gasteiger partial charge in [0.2, 0.25) is 5.91 Å². The summed E-state index contributed by atoms with van der Waals surface area (Å²) in [6.45, 7) is 4.57. The van der Waals surface area contributed by atoms with Crippen LogP contribution in [-0.2, 0) is 4.79 Å². The first-order valence-corrected chi connectivity index (χ1v) is 9.95. The van der Waals surface area contributed by atoms with Crippen molar-refractivity contribution >= 4 is 17.5 Å². The number of nitrogens with zero attached hydrogens (tertiary/aromatic N) is 3. The summed E-state index contributed by atoms with van der Waals surface area (Å²) in [4.78, 5) is 36.3. The summed E-state index contributed by atoms with van der Waals surface area (Å²) in [5, 5.41) is 3.11. The van der Waals surface area contributed by atoms with Crippen molar-refractivity contribution in [3.63, 3.8) is 0 Å². The second-order valence-electron chi connectivity index (χ2n) is 8.14. The molecule has 146 valence electrons. The predicted molar refractivity (Wildman–Crippen MR) is 107 cm³/mol. The van der Waals surface area contributed by atoms with Crippen LogP contribution in [0.1, 0.15) is 53.8 Å². The van der Waals surface area contributed by atoms with E-state index in [2.05, 4.69) is 15.3 Å². The van der Waals surface area contributed by atoms with Gasteiger partial charge in [-0.1, -0.05) is 12.5 Å². The second kappa shape index (κ2) is 7.34. The van der Waals surface area contributed by atoms with Gasteiger partial charge in [-0.3, -0.25) is 14.6 Å². The van der Waals surface area contributed by atoms with Crippen LogP contribution in [0.3, 0.4) is 0 Å². The van der Waals surface area contributed by atoms with Gasteiger partial charge in [0, 0.05) is 24.5 Å². The van der Waals surface area contributed by atoms with Crippen molar-refractivity contribution in [3.05, 3.63) is 53.6 Å². The molecule has 1 N–H and O–H groups in total. The average molecular weight is 378 g/mol. The molecule has 1 saturated carbocycles. The molecule has 2 amide bonds. The molecule has 2 fully saturated rings. The number of aromatic nitrogens is 2. The third kappa shape index (κ3) is 3.51. The van der Waals surface area contributed by atoms with Crippen LogP contribution in [0, 0.1) is 19.3 Å². The van der Waals surface area contributed by atoms with Crippen LogP contribution in [0.4, 0.5) is 5.69 Å². The number of rotatable bonds is 3. The van der Waals surface area contributed by atoms with E-state index in [1.165, 1.54) is 0 Å². The zero-order valence-corrected chi connectivity index (χ0v) is 16.4. The van der Waals surface area contributed by atoms with Gasteiger partial charge in [-0.2, -0.15) is 0 Å². The summed E-state index contributed by atoms with van der Waals surface area (Å²) < 4.78 is 0. The maximum Gasteiger partial charge on any atom is 0.270 e. The first-order valence-electron chi connectivity index (χ1n) is 9.95. The molecule has 2 aliphatic rings. The van der Waals surface area contributed by atoms with Crippen molar-refractivity contribution in [1.82, 2.24) is 15.3 Å². The quantitative estimate of drug-likeness (QED) is 0.890. The summed E-state index contributed by atoms with van der Waals surface area (Å²) in [5.74, 6) is 0.0171. The lowest BCUT2D eigenvalue weighted by atomic mass is 9.71. The maximum absolute atomic E-state index is 13.3. The summed E-state index contributed by atoms with van der Waals surface area (Å²) in [7, 11) is 0. The summed E-state index contributed by atoms with van der Waals surface area (Å²) in [6.07, 6.45) is 7.81. The van der Waals surface area contributed by atoms with Gasteiger partial charge in [0.1, 0.15) is 5.69 Å². The summed E-state index contributed by atoms with van der Waals surface area (Å²) in [5.41, 5.74) is 2.80. The molecule has 6 nitrogen and oxygen atoms in total. The first kappa shape index (κ1) is 18.6. The largest absolute Gasteiger partial charge is 0.348 e. The maximum atomic E-state index is 13.3. The fraction of sp³-hybridized carbons (Fsp3) is 0.455. The van der Waals surface area contributed by atoms with Gasteiger partial charge in [0.25, 0.3) is 5.91 Å². The van der Waals surface area contributed by atoms with E-state index >= 15 is 0 Å². The minimum Gasteiger partial charge on any atom is -0.348 e. The van der Waals surface area contributed by atoms with Gasteiger partial charge in [-0.05, 0) is 63.3 Å². The van der Waals surface area contributed by atoms with Gasteiger partial charge in [0.15, 0.2) is 0 Å². The highest BCUT2D eigenvalue weighted by Crippen LogP contribution is 2.46. The molecule has 1 unspecified atom stereocenters. The van der Waals surface area contributed by atoms with E-state index in [0.29, 0.717) is 18.7 Å². The van der Waals surface area contributed by atoms with Crippen LogP contribution in [0.5, 0.6) is 0 Å². The molecule has 28 heavy (non-hydrogen) atoms. The monoisotopic (exact) mass is 378 g/mol. The van der Waals surface area contributed by atoms with Crippen molar-refractivity contribution in [2.45, 2.75) is 52.0 Å². The number of hydrogen-bond acceptors (Lipinski definition) is 4. The summed E-state index contributed by atoms with van der Waals surface area (Å²) >= 11 is 0. The van der Waals surface area contributed by atoms with E-state index in [0.717, 1.165) is 42.6 Å². The van der Waals surface area contributed by atoms with Crippen LogP contribution in [0.15, 0.2) is 36.7 Å². The third-order valence-electron chi connectivity index (χ3n) is 5.99. The van der Waals surface area contributed by atoms with E-state index in [4.69, 9.17) is 0 Å². The topological polar surface area (TPSA) is 75.2 Å². The number of hydrogen-bond donors (Lipinski definition) is 1. The zero-order chi connectivity index (χ0) is 19.7. The van der Waals surface area contributed by atoms with Gasteiger partial charge in [-0.25, -0.2) is 4.98 Å². The number of amides is 2. The summed E-state index contributed by atoms with van der Waals surface area (Å²) in [6, 6.07) is 7.46.